The molecule has 1 heterocycles. The third-order valence-electron chi connectivity index (χ3n) is 3.88. The number of nitrogens with one attached hydrogen (secondary N) is 2. The number of likely N-dealkylation sites (N-methyl/N-ethyl adjacent to an activating group) is 1. The number of carbonyl (C=O) groups is 2. The minimum Gasteiger partial charge on any atom is -0.354 e. The van der Waals surface area contributed by atoms with Crippen LogP contribution in [0.1, 0.15) is 59.8 Å². The van der Waals surface area contributed by atoms with Crippen molar-refractivity contribution in [1.82, 2.24) is 10.6 Å². The summed E-state index contributed by atoms with van der Waals surface area (Å²) >= 11 is 0. The predicted molar refractivity (Wildman–Crippen MR) is 90.3 cm³/mol. The molecule has 1 rings (SSSR count). The molecule has 0 aliphatic carbocycles. The molecule has 0 bridgehead atoms. The van der Waals surface area contributed by atoms with E-state index in [1.807, 2.05) is 33.9 Å². The molecular weight excluding hydrogens is 278 g/mol. The molecule has 5 nitrogen and oxygen atoms in total. The normalized spacial score (nSPS) is 19.2. The van der Waals surface area contributed by atoms with Crippen LogP contribution < -0.4 is 10.6 Å². The zero-order valence-electron chi connectivity index (χ0n) is 14.4. The van der Waals surface area contributed by atoms with E-state index < -0.39 is 0 Å². The molecule has 2 unspecified atom stereocenters. The predicted octanol–water partition coefficient (Wildman–Crippen LogP) is 2.10. The highest BCUT2D eigenvalue weighted by Gasteiger charge is 2.28. The molecule has 1 aliphatic rings. The average molecular weight is 309 g/mol. The standard InChI is InChI=1S/C17H31N3O2/c1-5-18-13(15(21)17(2,3)4)9-6-7-11-20-16(22)14-10-8-12-19-14/h12-14,18H,5-11H2,1-4H3,(H,20,22). The first-order valence-corrected chi connectivity index (χ1v) is 8.43. The molecular formula is C17H31N3O2. The lowest BCUT2D eigenvalue weighted by Crippen LogP contribution is -2.42. The Morgan fingerprint density at radius 3 is 2.59 bits per heavy atom. The van der Waals surface area contributed by atoms with Gasteiger partial charge in [-0.15, -0.1) is 0 Å². The van der Waals surface area contributed by atoms with Crippen molar-refractivity contribution in [2.24, 2.45) is 10.4 Å². The monoisotopic (exact) mass is 309 g/mol. The lowest BCUT2D eigenvalue weighted by molar-refractivity contribution is -0.128. The molecule has 0 spiro atoms. The van der Waals surface area contributed by atoms with Gasteiger partial charge in [0.25, 0.3) is 0 Å². The van der Waals surface area contributed by atoms with Crippen molar-refractivity contribution in [3.63, 3.8) is 0 Å². The van der Waals surface area contributed by atoms with Crippen LogP contribution in [0.3, 0.4) is 0 Å². The Balaban J connectivity index is 2.24. The molecule has 1 amide bonds. The number of unbranched alkanes of at least 4 members (excludes halogenated alkanes) is 1. The van der Waals surface area contributed by atoms with Crippen LogP contribution in [-0.4, -0.2) is 43.1 Å². The quantitative estimate of drug-likeness (QED) is 0.641. The first kappa shape index (κ1) is 18.8. The number of amides is 1. The molecule has 2 atom stereocenters. The summed E-state index contributed by atoms with van der Waals surface area (Å²) in [5.41, 5.74) is -0.318. The van der Waals surface area contributed by atoms with Gasteiger partial charge in [0.1, 0.15) is 6.04 Å². The zero-order chi connectivity index (χ0) is 16.6. The summed E-state index contributed by atoms with van der Waals surface area (Å²) in [6.45, 7) is 9.35. The van der Waals surface area contributed by atoms with Crippen LogP contribution in [0.15, 0.2) is 4.99 Å². The van der Waals surface area contributed by atoms with Gasteiger partial charge in [0.15, 0.2) is 5.78 Å². The van der Waals surface area contributed by atoms with Gasteiger partial charge in [0, 0.05) is 12.0 Å². The van der Waals surface area contributed by atoms with E-state index in [9.17, 15) is 9.59 Å². The molecule has 0 saturated heterocycles. The van der Waals surface area contributed by atoms with Gasteiger partial charge in [0.2, 0.25) is 5.91 Å². The Labute approximate surface area is 134 Å². The summed E-state index contributed by atoms with van der Waals surface area (Å²) in [7, 11) is 0. The Morgan fingerprint density at radius 2 is 2.05 bits per heavy atom. The van der Waals surface area contributed by atoms with Crippen LogP contribution in [0.5, 0.6) is 0 Å². The van der Waals surface area contributed by atoms with Crippen molar-refractivity contribution < 1.29 is 9.59 Å². The number of nitrogens with zero attached hydrogens (tertiary/aromatic N) is 1. The number of rotatable bonds is 9. The van der Waals surface area contributed by atoms with E-state index in [1.54, 1.807) is 0 Å². The number of hydrogen-bond acceptors (Lipinski definition) is 4. The van der Waals surface area contributed by atoms with E-state index in [0.717, 1.165) is 38.6 Å². The Bertz CT molecular complexity index is 399. The van der Waals surface area contributed by atoms with Gasteiger partial charge in [-0.2, -0.15) is 0 Å². The van der Waals surface area contributed by atoms with Gasteiger partial charge < -0.3 is 10.6 Å². The molecule has 0 aromatic heterocycles. The molecule has 0 fully saturated rings. The maximum Gasteiger partial charge on any atom is 0.244 e. The second-order valence-corrected chi connectivity index (χ2v) is 6.94. The maximum atomic E-state index is 12.4. The molecule has 0 saturated carbocycles. The highest BCUT2D eigenvalue weighted by atomic mass is 16.2. The smallest absolute Gasteiger partial charge is 0.244 e. The van der Waals surface area contributed by atoms with E-state index in [4.69, 9.17) is 0 Å². The van der Waals surface area contributed by atoms with Crippen molar-refractivity contribution >= 4 is 17.9 Å². The summed E-state index contributed by atoms with van der Waals surface area (Å²) in [4.78, 5) is 28.3. The summed E-state index contributed by atoms with van der Waals surface area (Å²) in [6.07, 6.45) is 6.19. The van der Waals surface area contributed by atoms with Crippen molar-refractivity contribution in [3.05, 3.63) is 0 Å². The summed E-state index contributed by atoms with van der Waals surface area (Å²) in [6, 6.07) is -0.267. The number of aliphatic imine (C=N–C) groups is 1. The fourth-order valence-corrected chi connectivity index (χ4v) is 2.61. The van der Waals surface area contributed by atoms with Crippen molar-refractivity contribution in [3.8, 4) is 0 Å². The number of carbonyl (C=O) groups excluding carboxylic acids is 2. The van der Waals surface area contributed by atoms with Gasteiger partial charge in [-0.1, -0.05) is 27.7 Å². The highest BCUT2D eigenvalue weighted by Crippen LogP contribution is 2.19. The van der Waals surface area contributed by atoms with Crippen molar-refractivity contribution in [2.75, 3.05) is 13.1 Å². The van der Waals surface area contributed by atoms with Crippen LogP contribution in [0.25, 0.3) is 0 Å². The van der Waals surface area contributed by atoms with Crippen molar-refractivity contribution in [1.29, 1.82) is 0 Å². The SMILES string of the molecule is CCNC(CCCCNC(=O)C1CCC=N1)C(=O)C(C)(C)C. The molecule has 22 heavy (non-hydrogen) atoms. The van der Waals surface area contributed by atoms with Crippen LogP contribution in [0, 0.1) is 5.41 Å². The topological polar surface area (TPSA) is 70.6 Å². The second kappa shape index (κ2) is 9.03. The molecule has 126 valence electrons. The summed E-state index contributed by atoms with van der Waals surface area (Å²) < 4.78 is 0. The Kier molecular flexibility index (Phi) is 7.73. The molecule has 2 N–H and O–H groups in total. The van der Waals surface area contributed by atoms with E-state index in [-0.39, 0.29) is 29.2 Å². The van der Waals surface area contributed by atoms with E-state index in [0.29, 0.717) is 6.54 Å². The minimum atomic E-state index is -0.318. The molecule has 0 aromatic carbocycles. The number of ketones is 1. The molecule has 1 aliphatic heterocycles. The van der Waals surface area contributed by atoms with Gasteiger partial charge >= 0.3 is 0 Å². The highest BCUT2D eigenvalue weighted by molar-refractivity contribution is 5.88. The van der Waals surface area contributed by atoms with Gasteiger partial charge in [-0.05, 0) is 44.9 Å². The molecule has 5 heteroatoms. The number of Topliss-reactive ketones (excluding diaryl/α,β-unsaturated/α-hetero) is 1. The van der Waals surface area contributed by atoms with Crippen LogP contribution in [0.4, 0.5) is 0 Å². The van der Waals surface area contributed by atoms with Gasteiger partial charge in [0.05, 0.1) is 6.04 Å². The first-order valence-electron chi connectivity index (χ1n) is 8.43. The van der Waals surface area contributed by atoms with Crippen LogP contribution in [-0.2, 0) is 9.59 Å². The van der Waals surface area contributed by atoms with Crippen LogP contribution >= 0.6 is 0 Å². The summed E-state index contributed by atoms with van der Waals surface area (Å²) in [5, 5.41) is 6.21. The summed E-state index contributed by atoms with van der Waals surface area (Å²) in [5.74, 6) is 0.293. The first-order chi connectivity index (χ1) is 10.4. The molecule has 0 radical (unpaired) electrons. The minimum absolute atomic E-state index is 0.0303. The van der Waals surface area contributed by atoms with E-state index >= 15 is 0 Å². The van der Waals surface area contributed by atoms with E-state index in [2.05, 4.69) is 15.6 Å². The fourth-order valence-electron chi connectivity index (χ4n) is 2.61. The van der Waals surface area contributed by atoms with E-state index in [1.165, 1.54) is 0 Å². The van der Waals surface area contributed by atoms with Gasteiger partial charge in [-0.3, -0.25) is 14.6 Å². The average Bonchev–Trinajstić information content (AvgIpc) is 2.98. The van der Waals surface area contributed by atoms with Gasteiger partial charge in [-0.25, -0.2) is 0 Å². The second-order valence-electron chi connectivity index (χ2n) is 6.94. The Morgan fingerprint density at radius 1 is 1.32 bits per heavy atom. The van der Waals surface area contributed by atoms with Crippen LogP contribution in [0.2, 0.25) is 0 Å². The maximum absolute atomic E-state index is 12.4. The lowest BCUT2D eigenvalue weighted by Gasteiger charge is -2.25. The third kappa shape index (κ3) is 6.26. The lowest BCUT2D eigenvalue weighted by atomic mass is 9.84. The molecule has 0 aromatic rings. The fraction of sp³-hybridized carbons (Fsp3) is 0.824. The Hall–Kier alpha value is -1.23. The third-order valence-corrected chi connectivity index (χ3v) is 3.88. The van der Waals surface area contributed by atoms with Crippen molar-refractivity contribution in [2.45, 2.75) is 71.9 Å². The number of hydrogen-bond donors (Lipinski definition) is 2. The zero-order valence-corrected chi connectivity index (χ0v) is 14.4. The largest absolute Gasteiger partial charge is 0.354 e.